The Kier molecular flexibility index (Phi) is 43.7. The zero-order chi connectivity index (χ0) is 51.8. The predicted octanol–water partition coefficient (Wildman–Crippen LogP) is 14.0. The monoisotopic (exact) mass is 1000 g/mol. The van der Waals surface area contributed by atoms with Crippen LogP contribution in [0.1, 0.15) is 239 Å². The summed E-state index contributed by atoms with van der Waals surface area (Å²) in [6, 6.07) is 0. The predicted molar refractivity (Wildman–Crippen MR) is 285 cm³/mol. The molecule has 12 nitrogen and oxygen atoms in total. The Morgan fingerprint density at radius 3 is 1.41 bits per heavy atom. The van der Waals surface area contributed by atoms with Crippen molar-refractivity contribution in [2.24, 2.45) is 0 Å². The summed E-state index contributed by atoms with van der Waals surface area (Å²) in [6.45, 7) is 5.80. The van der Waals surface area contributed by atoms with Crippen LogP contribution in [0.4, 0.5) is 0 Å². The highest BCUT2D eigenvalue weighted by Crippen LogP contribution is 2.26. The van der Waals surface area contributed by atoms with Gasteiger partial charge in [-0.1, -0.05) is 204 Å². The van der Waals surface area contributed by atoms with Crippen molar-refractivity contribution in [3.05, 3.63) is 60.8 Å². The fourth-order valence-electron chi connectivity index (χ4n) is 8.22. The highest BCUT2D eigenvalue weighted by atomic mass is 16.7. The maximum absolute atomic E-state index is 13.1. The molecule has 3 N–H and O–H groups in total. The van der Waals surface area contributed by atoms with Crippen LogP contribution >= 0.6 is 0 Å². The highest BCUT2D eigenvalue weighted by molar-refractivity contribution is 5.74. The molecule has 0 saturated carbocycles. The molecule has 0 bridgehead atoms. The first-order chi connectivity index (χ1) is 34.6. The van der Waals surface area contributed by atoms with Crippen LogP contribution in [0.3, 0.4) is 0 Å². The molecule has 0 aliphatic carbocycles. The summed E-state index contributed by atoms with van der Waals surface area (Å²) in [5.74, 6) is -3.14. The Bertz CT molecular complexity index is 1470. The molecule has 1 rings (SSSR count). The number of carbonyl (C=O) groups excluding carboxylic acids is 3. The fraction of sp³-hybridized carbons (Fsp3) is 0.763. The van der Waals surface area contributed by atoms with Crippen LogP contribution in [0, 0.1) is 0 Å². The molecule has 0 amide bonds. The number of rotatable bonds is 47. The molecular formula is C59H100O12. The second-order valence-electron chi connectivity index (χ2n) is 19.2. The lowest BCUT2D eigenvalue weighted by atomic mass is 9.98. The van der Waals surface area contributed by atoms with Gasteiger partial charge in [0.25, 0.3) is 0 Å². The van der Waals surface area contributed by atoms with Gasteiger partial charge in [-0.25, -0.2) is 4.79 Å². The van der Waals surface area contributed by atoms with Gasteiger partial charge in [-0.3, -0.25) is 14.4 Å². The van der Waals surface area contributed by atoms with Gasteiger partial charge in [0.05, 0.1) is 6.61 Å². The molecule has 1 fully saturated rings. The molecular weight excluding hydrogens is 901 g/mol. The highest BCUT2D eigenvalue weighted by Gasteiger charge is 2.50. The fourth-order valence-corrected chi connectivity index (χ4v) is 8.22. The van der Waals surface area contributed by atoms with Crippen molar-refractivity contribution < 1.29 is 58.2 Å². The van der Waals surface area contributed by atoms with E-state index in [4.69, 9.17) is 23.7 Å². The van der Waals surface area contributed by atoms with Gasteiger partial charge in [-0.15, -0.1) is 0 Å². The van der Waals surface area contributed by atoms with E-state index in [1.807, 2.05) is 0 Å². The number of allylic oxidation sites excluding steroid dienone is 10. The standard InChI is InChI=1S/C59H100O12/c1-4-7-10-13-16-19-22-23-24-25-26-27-28-29-32-33-36-39-42-45-51(60)67-48-50(69-52(61)46-43-40-37-34-30-20-17-14-11-8-5-2)49-68-59-57(55(64)54(63)56(71-59)58(65)66)70-53(62)47-44-41-38-35-31-21-18-15-12-9-6-3/h7,10,15-16,18-19,23-24,26-27,50,54-57,59,63-64H,4-6,8-9,11-14,17,20-22,25,28-49H2,1-3H3,(H,65,66)/b10-7-,18-15-,19-16-,24-23-,27-26-. The van der Waals surface area contributed by atoms with Gasteiger partial charge in [0, 0.05) is 19.3 Å². The van der Waals surface area contributed by atoms with E-state index in [2.05, 4.69) is 81.5 Å². The molecule has 1 aliphatic heterocycles. The number of esters is 3. The number of aliphatic hydroxyl groups excluding tert-OH is 2. The van der Waals surface area contributed by atoms with Crippen LogP contribution < -0.4 is 0 Å². The lowest BCUT2D eigenvalue weighted by Gasteiger charge is -2.40. The molecule has 71 heavy (non-hydrogen) atoms. The topological polar surface area (TPSA) is 175 Å². The number of aliphatic hydroxyl groups is 2. The Morgan fingerprint density at radius 1 is 0.479 bits per heavy atom. The molecule has 12 heteroatoms. The van der Waals surface area contributed by atoms with Gasteiger partial charge in [0.1, 0.15) is 18.8 Å². The van der Waals surface area contributed by atoms with Crippen molar-refractivity contribution in [3.8, 4) is 0 Å². The third-order valence-electron chi connectivity index (χ3n) is 12.6. The summed E-state index contributed by atoms with van der Waals surface area (Å²) < 4.78 is 28.3. The maximum atomic E-state index is 13.1. The number of hydrogen-bond acceptors (Lipinski definition) is 11. The van der Waals surface area contributed by atoms with Crippen molar-refractivity contribution in [2.75, 3.05) is 13.2 Å². The van der Waals surface area contributed by atoms with Crippen LogP contribution in [0.15, 0.2) is 60.8 Å². The van der Waals surface area contributed by atoms with Gasteiger partial charge in [-0.05, 0) is 77.0 Å². The van der Waals surface area contributed by atoms with Gasteiger partial charge in [0.2, 0.25) is 0 Å². The molecule has 6 atom stereocenters. The van der Waals surface area contributed by atoms with E-state index < -0.39 is 67.3 Å². The average Bonchev–Trinajstić information content (AvgIpc) is 3.35. The third-order valence-corrected chi connectivity index (χ3v) is 12.6. The molecule has 0 aromatic heterocycles. The number of carboxylic acid groups (broad SMARTS) is 1. The van der Waals surface area contributed by atoms with E-state index in [9.17, 15) is 34.5 Å². The van der Waals surface area contributed by atoms with Crippen molar-refractivity contribution in [1.29, 1.82) is 0 Å². The van der Waals surface area contributed by atoms with E-state index in [0.29, 0.717) is 19.3 Å². The zero-order valence-electron chi connectivity index (χ0n) is 44.7. The number of aliphatic carboxylic acids is 1. The first kappa shape index (κ1) is 65.4. The normalized spacial score (nSPS) is 18.9. The minimum absolute atomic E-state index is 0.0488. The van der Waals surface area contributed by atoms with Crippen LogP contribution in [0.2, 0.25) is 0 Å². The quantitative estimate of drug-likeness (QED) is 0.0228. The maximum Gasteiger partial charge on any atom is 0.335 e. The first-order valence-electron chi connectivity index (χ1n) is 28.3. The molecule has 0 spiro atoms. The lowest BCUT2D eigenvalue weighted by Crippen LogP contribution is -2.61. The Labute approximate surface area is 430 Å². The number of unbranched alkanes of at least 4 members (excludes halogenated alkanes) is 23. The van der Waals surface area contributed by atoms with Crippen molar-refractivity contribution >= 4 is 23.9 Å². The summed E-state index contributed by atoms with van der Waals surface area (Å²) >= 11 is 0. The summed E-state index contributed by atoms with van der Waals surface area (Å²) in [5, 5.41) is 31.4. The van der Waals surface area contributed by atoms with Crippen LogP contribution in [0.25, 0.3) is 0 Å². The van der Waals surface area contributed by atoms with Gasteiger partial charge >= 0.3 is 23.9 Å². The van der Waals surface area contributed by atoms with E-state index in [-0.39, 0.29) is 25.9 Å². The second-order valence-corrected chi connectivity index (χ2v) is 19.2. The number of carbonyl (C=O) groups is 4. The van der Waals surface area contributed by atoms with Crippen LogP contribution in [-0.2, 0) is 42.9 Å². The van der Waals surface area contributed by atoms with E-state index in [1.54, 1.807) is 0 Å². The van der Waals surface area contributed by atoms with Gasteiger partial charge in [-0.2, -0.15) is 0 Å². The van der Waals surface area contributed by atoms with Gasteiger partial charge < -0.3 is 39.0 Å². The van der Waals surface area contributed by atoms with Gasteiger partial charge in [0.15, 0.2) is 24.6 Å². The summed E-state index contributed by atoms with van der Waals surface area (Å²) in [5.41, 5.74) is 0. The van der Waals surface area contributed by atoms with E-state index >= 15 is 0 Å². The summed E-state index contributed by atoms with van der Waals surface area (Å²) in [7, 11) is 0. The Morgan fingerprint density at radius 2 is 0.901 bits per heavy atom. The number of carboxylic acids is 1. The molecule has 0 aromatic carbocycles. The summed E-state index contributed by atoms with van der Waals surface area (Å²) in [4.78, 5) is 50.9. The lowest BCUT2D eigenvalue weighted by molar-refractivity contribution is -0.301. The molecule has 1 aliphatic rings. The van der Waals surface area contributed by atoms with Crippen LogP contribution in [0.5, 0.6) is 0 Å². The largest absolute Gasteiger partial charge is 0.479 e. The van der Waals surface area contributed by atoms with Crippen molar-refractivity contribution in [1.82, 2.24) is 0 Å². The summed E-state index contributed by atoms with van der Waals surface area (Å²) in [6.07, 6.45) is 44.9. The minimum atomic E-state index is -1.90. The smallest absolute Gasteiger partial charge is 0.335 e. The number of ether oxygens (including phenoxy) is 5. The van der Waals surface area contributed by atoms with Crippen molar-refractivity contribution in [2.45, 2.75) is 276 Å². The molecule has 1 saturated heterocycles. The van der Waals surface area contributed by atoms with Crippen molar-refractivity contribution in [3.63, 3.8) is 0 Å². The molecule has 1 heterocycles. The Balaban J connectivity index is 2.68. The second kappa shape index (κ2) is 47.4. The molecule has 0 radical (unpaired) electrons. The minimum Gasteiger partial charge on any atom is -0.479 e. The third kappa shape index (κ3) is 37.8. The van der Waals surface area contributed by atoms with E-state index in [0.717, 1.165) is 122 Å². The number of hydrogen-bond donors (Lipinski definition) is 3. The zero-order valence-corrected chi connectivity index (χ0v) is 44.7. The molecule has 408 valence electrons. The van der Waals surface area contributed by atoms with Crippen LogP contribution in [-0.4, -0.2) is 89.2 Å². The first-order valence-corrected chi connectivity index (χ1v) is 28.3. The Hall–Kier alpha value is -3.58. The molecule has 0 aromatic rings. The SMILES string of the molecule is CC/C=C\C/C=C\C/C=C\C/C=C\CCCCCCCCC(=O)OCC(COC1OC(C(=O)O)C(O)C(O)C1OC(=O)CCCCCCC/C=C\CCCC)OC(=O)CCCCCCCCCCCCC. The van der Waals surface area contributed by atoms with E-state index in [1.165, 1.54) is 57.8 Å². The molecule has 6 unspecified atom stereocenters. The average molecular weight is 1000 g/mol.